The number of benzene rings is 1. The molecule has 0 spiro atoms. The van der Waals surface area contributed by atoms with E-state index in [2.05, 4.69) is 5.32 Å². The van der Waals surface area contributed by atoms with Gasteiger partial charge < -0.3 is 15.0 Å². The van der Waals surface area contributed by atoms with Crippen molar-refractivity contribution in [1.29, 1.82) is 0 Å². The van der Waals surface area contributed by atoms with Crippen molar-refractivity contribution in [3.63, 3.8) is 0 Å². The summed E-state index contributed by atoms with van der Waals surface area (Å²) in [6, 6.07) is 5.46. The molecule has 1 aromatic rings. The molecule has 1 aliphatic rings. The van der Waals surface area contributed by atoms with Crippen LogP contribution in [0.15, 0.2) is 24.3 Å². The first kappa shape index (κ1) is 15.3. The Hall–Kier alpha value is -2.11. The quantitative estimate of drug-likeness (QED) is 0.929. The zero-order chi connectivity index (χ0) is 15.2. The van der Waals surface area contributed by atoms with Crippen LogP contribution in [0.2, 0.25) is 0 Å². The standard InChI is InChI=1S/C15H19FN2O3/c1-2-21-15(20)18-9-7-13(8-10-18)17-14(19)11-3-5-12(16)6-4-11/h3-6,13H,2,7-10H2,1H3,(H,17,19). The van der Waals surface area contributed by atoms with Crippen molar-refractivity contribution in [3.8, 4) is 0 Å². The average molecular weight is 294 g/mol. The van der Waals surface area contributed by atoms with Crippen molar-refractivity contribution in [1.82, 2.24) is 10.2 Å². The predicted molar refractivity (Wildman–Crippen MR) is 75.5 cm³/mol. The van der Waals surface area contributed by atoms with E-state index in [1.807, 2.05) is 0 Å². The number of ether oxygens (including phenoxy) is 1. The molecule has 0 bridgehead atoms. The summed E-state index contributed by atoms with van der Waals surface area (Å²) in [5.74, 6) is -0.584. The number of nitrogens with one attached hydrogen (secondary N) is 1. The van der Waals surface area contributed by atoms with Crippen LogP contribution in [0.5, 0.6) is 0 Å². The van der Waals surface area contributed by atoms with Crippen LogP contribution in [0.3, 0.4) is 0 Å². The van der Waals surface area contributed by atoms with E-state index >= 15 is 0 Å². The Morgan fingerprint density at radius 3 is 2.48 bits per heavy atom. The summed E-state index contributed by atoms with van der Waals surface area (Å²) in [7, 11) is 0. The van der Waals surface area contributed by atoms with Crippen LogP contribution in [-0.2, 0) is 4.74 Å². The van der Waals surface area contributed by atoms with Crippen LogP contribution in [0.1, 0.15) is 30.1 Å². The molecule has 1 aliphatic heterocycles. The Labute approximate surface area is 123 Å². The van der Waals surface area contributed by atoms with Crippen molar-refractivity contribution < 1.29 is 18.7 Å². The van der Waals surface area contributed by atoms with Gasteiger partial charge in [0, 0.05) is 24.7 Å². The van der Waals surface area contributed by atoms with Crippen molar-refractivity contribution in [2.75, 3.05) is 19.7 Å². The molecule has 1 fully saturated rings. The fraction of sp³-hybridized carbons (Fsp3) is 0.467. The highest BCUT2D eigenvalue weighted by atomic mass is 19.1. The van der Waals surface area contributed by atoms with Crippen molar-refractivity contribution in [2.24, 2.45) is 0 Å². The number of hydrogen-bond acceptors (Lipinski definition) is 3. The van der Waals surface area contributed by atoms with Crippen LogP contribution in [0.4, 0.5) is 9.18 Å². The highest BCUT2D eigenvalue weighted by Crippen LogP contribution is 2.12. The van der Waals surface area contributed by atoms with Crippen LogP contribution < -0.4 is 5.32 Å². The molecule has 21 heavy (non-hydrogen) atoms. The number of piperidine rings is 1. The van der Waals surface area contributed by atoms with E-state index in [1.54, 1.807) is 11.8 Å². The van der Waals surface area contributed by atoms with Crippen molar-refractivity contribution >= 4 is 12.0 Å². The number of amides is 2. The van der Waals surface area contributed by atoms with E-state index < -0.39 is 0 Å². The Morgan fingerprint density at radius 1 is 1.29 bits per heavy atom. The van der Waals surface area contributed by atoms with Crippen molar-refractivity contribution in [3.05, 3.63) is 35.6 Å². The van der Waals surface area contributed by atoms with Gasteiger partial charge in [-0.3, -0.25) is 4.79 Å². The second kappa shape index (κ2) is 7.06. The molecule has 1 N–H and O–H groups in total. The largest absolute Gasteiger partial charge is 0.450 e. The molecule has 0 saturated carbocycles. The minimum absolute atomic E-state index is 0.0215. The summed E-state index contributed by atoms with van der Waals surface area (Å²) < 4.78 is 17.8. The minimum atomic E-state index is -0.366. The molecule has 0 aromatic heterocycles. The first-order valence-corrected chi connectivity index (χ1v) is 7.08. The molecular formula is C15H19FN2O3. The van der Waals surface area contributed by atoms with Gasteiger partial charge in [0.1, 0.15) is 5.82 Å². The molecule has 0 atom stereocenters. The van der Waals surface area contributed by atoms with E-state index in [0.717, 1.165) is 0 Å². The van der Waals surface area contributed by atoms with Gasteiger partial charge in [0.2, 0.25) is 0 Å². The molecule has 6 heteroatoms. The lowest BCUT2D eigenvalue weighted by Crippen LogP contribution is -2.46. The summed E-state index contributed by atoms with van der Waals surface area (Å²) in [5, 5.41) is 2.91. The predicted octanol–water partition coefficient (Wildman–Crippen LogP) is 2.18. The molecule has 5 nitrogen and oxygen atoms in total. The molecule has 2 amide bonds. The highest BCUT2D eigenvalue weighted by molar-refractivity contribution is 5.94. The summed E-state index contributed by atoms with van der Waals surface area (Å²) in [6.07, 6.45) is 1.07. The lowest BCUT2D eigenvalue weighted by atomic mass is 10.0. The Kier molecular flexibility index (Phi) is 5.14. The maximum atomic E-state index is 12.8. The highest BCUT2D eigenvalue weighted by Gasteiger charge is 2.24. The van der Waals surface area contributed by atoms with Gasteiger partial charge in [-0.05, 0) is 44.0 Å². The zero-order valence-corrected chi connectivity index (χ0v) is 12.0. The lowest BCUT2D eigenvalue weighted by molar-refractivity contribution is 0.0860. The van der Waals surface area contributed by atoms with Crippen molar-refractivity contribution in [2.45, 2.75) is 25.8 Å². The molecule has 114 valence electrons. The second-order valence-corrected chi connectivity index (χ2v) is 4.94. The summed E-state index contributed by atoms with van der Waals surface area (Å²) in [5.41, 5.74) is 0.434. The first-order chi connectivity index (χ1) is 10.1. The Morgan fingerprint density at radius 2 is 1.90 bits per heavy atom. The molecule has 1 heterocycles. The lowest BCUT2D eigenvalue weighted by Gasteiger charge is -2.31. The minimum Gasteiger partial charge on any atom is -0.450 e. The third-order valence-corrected chi connectivity index (χ3v) is 3.46. The molecular weight excluding hydrogens is 275 g/mol. The van der Waals surface area contributed by atoms with Gasteiger partial charge in [0.15, 0.2) is 0 Å². The van der Waals surface area contributed by atoms with Gasteiger partial charge in [-0.25, -0.2) is 9.18 Å². The number of rotatable bonds is 3. The van der Waals surface area contributed by atoms with Gasteiger partial charge in [-0.2, -0.15) is 0 Å². The SMILES string of the molecule is CCOC(=O)N1CCC(NC(=O)c2ccc(F)cc2)CC1. The van der Waals surface area contributed by atoms with Crippen LogP contribution >= 0.6 is 0 Å². The number of carbonyl (C=O) groups excluding carboxylic acids is 2. The summed E-state index contributed by atoms with van der Waals surface area (Å²) in [4.78, 5) is 25.2. The van der Waals surface area contributed by atoms with E-state index in [9.17, 15) is 14.0 Å². The molecule has 1 aromatic carbocycles. The maximum absolute atomic E-state index is 12.8. The molecule has 1 saturated heterocycles. The number of hydrogen-bond donors (Lipinski definition) is 1. The number of carbonyl (C=O) groups is 2. The van der Waals surface area contributed by atoms with E-state index in [0.29, 0.717) is 38.1 Å². The van der Waals surface area contributed by atoms with E-state index in [4.69, 9.17) is 4.74 Å². The third-order valence-electron chi connectivity index (χ3n) is 3.46. The van der Waals surface area contributed by atoms with Gasteiger partial charge in [0.05, 0.1) is 6.61 Å². The Balaban J connectivity index is 1.82. The van der Waals surface area contributed by atoms with Crippen LogP contribution in [0.25, 0.3) is 0 Å². The molecule has 0 radical (unpaired) electrons. The van der Waals surface area contributed by atoms with Gasteiger partial charge in [-0.1, -0.05) is 0 Å². The molecule has 2 rings (SSSR count). The van der Waals surface area contributed by atoms with Crippen LogP contribution in [-0.4, -0.2) is 42.6 Å². The monoisotopic (exact) mass is 294 g/mol. The van der Waals surface area contributed by atoms with Gasteiger partial charge in [0.25, 0.3) is 5.91 Å². The molecule has 0 aliphatic carbocycles. The normalized spacial score (nSPS) is 15.6. The third kappa shape index (κ3) is 4.18. The van der Waals surface area contributed by atoms with E-state index in [-0.39, 0.29) is 23.9 Å². The fourth-order valence-corrected chi connectivity index (χ4v) is 2.29. The van der Waals surface area contributed by atoms with Gasteiger partial charge in [-0.15, -0.1) is 0 Å². The summed E-state index contributed by atoms with van der Waals surface area (Å²) >= 11 is 0. The summed E-state index contributed by atoms with van der Waals surface area (Å²) in [6.45, 7) is 3.26. The zero-order valence-electron chi connectivity index (χ0n) is 12.0. The van der Waals surface area contributed by atoms with E-state index in [1.165, 1.54) is 24.3 Å². The topological polar surface area (TPSA) is 58.6 Å². The number of halogens is 1. The molecule has 0 unspecified atom stereocenters. The average Bonchev–Trinajstić information content (AvgIpc) is 2.49. The Bertz CT molecular complexity index is 496. The number of nitrogens with zero attached hydrogens (tertiary/aromatic N) is 1. The smallest absolute Gasteiger partial charge is 0.409 e. The number of likely N-dealkylation sites (tertiary alicyclic amines) is 1. The second-order valence-electron chi connectivity index (χ2n) is 4.94. The fourth-order valence-electron chi connectivity index (χ4n) is 2.29. The maximum Gasteiger partial charge on any atom is 0.409 e. The first-order valence-electron chi connectivity index (χ1n) is 7.08. The van der Waals surface area contributed by atoms with Gasteiger partial charge >= 0.3 is 6.09 Å². The van der Waals surface area contributed by atoms with Crippen LogP contribution in [0, 0.1) is 5.82 Å².